The van der Waals surface area contributed by atoms with Gasteiger partial charge in [0.25, 0.3) is 0 Å². The maximum atomic E-state index is 6.64. The molecule has 2 aliphatic heterocycles. The van der Waals surface area contributed by atoms with Crippen molar-refractivity contribution in [1.82, 2.24) is 29.6 Å². The Morgan fingerprint density at radius 2 is 0.977 bits per heavy atom. The van der Waals surface area contributed by atoms with Crippen molar-refractivity contribution in [2.75, 3.05) is 65.8 Å². The summed E-state index contributed by atoms with van der Waals surface area (Å²) in [5, 5.41) is 0. The van der Waals surface area contributed by atoms with Crippen LogP contribution in [0.1, 0.15) is 38.8 Å². The lowest BCUT2D eigenvalue weighted by Gasteiger charge is -2.37. The Labute approximate surface area is 262 Å². The molecule has 1 aromatic heterocycles. The van der Waals surface area contributed by atoms with Crippen molar-refractivity contribution in [3.8, 4) is 34.0 Å². The Bertz CT molecular complexity index is 1420. The highest BCUT2D eigenvalue weighted by molar-refractivity contribution is 5.95. The fourth-order valence-electron chi connectivity index (χ4n) is 6.33. The Morgan fingerprint density at radius 1 is 0.591 bits per heavy atom. The fraction of sp³-hybridized carbons (Fsp3) is 0.444. The second-order valence-corrected chi connectivity index (χ2v) is 11.7. The van der Waals surface area contributed by atoms with E-state index in [-0.39, 0.29) is 0 Å². The molecule has 0 saturated carbocycles. The van der Waals surface area contributed by atoms with Crippen molar-refractivity contribution < 1.29 is 9.47 Å². The molecule has 4 aromatic rings. The topological polar surface area (TPSA) is 57.2 Å². The fourth-order valence-corrected chi connectivity index (χ4v) is 6.33. The molecule has 44 heavy (non-hydrogen) atoms. The average molecular weight is 595 g/mol. The number of fused-ring (bicyclic) bond motifs is 6. The highest BCUT2D eigenvalue weighted by atomic mass is 16.5. The SMILES string of the molecule is CCN(CC)CCN1COc2c(c3c(c4nc(-c5ccccc5)c(-c5ccccc5)nc24)OCN(CCN(CC)CC)C3)C1. The standard InChI is InChI=1S/C36H46N6O2/c1-5-39(6-2)19-21-41-23-29-30-24-42(22-20-40(7-3)8-4)26-44-36(30)34-33(35(29)43-25-41)37-31(27-15-11-9-12-16-27)32(38-34)28-17-13-10-14-18-28/h9-18H,5-8,19-26H2,1-4H3. The Morgan fingerprint density at radius 3 is 1.34 bits per heavy atom. The summed E-state index contributed by atoms with van der Waals surface area (Å²) in [4.78, 5) is 20.5. The number of rotatable bonds is 12. The largest absolute Gasteiger partial charge is 0.475 e. The summed E-state index contributed by atoms with van der Waals surface area (Å²) in [5.41, 5.74) is 7.74. The van der Waals surface area contributed by atoms with Gasteiger partial charge in [0.15, 0.2) is 11.5 Å². The van der Waals surface area contributed by atoms with E-state index in [1.54, 1.807) is 0 Å². The van der Waals surface area contributed by atoms with Gasteiger partial charge in [-0.3, -0.25) is 9.80 Å². The minimum Gasteiger partial charge on any atom is -0.475 e. The molecule has 8 heteroatoms. The van der Waals surface area contributed by atoms with Crippen LogP contribution in [0.15, 0.2) is 60.7 Å². The van der Waals surface area contributed by atoms with Crippen molar-refractivity contribution in [1.29, 1.82) is 0 Å². The Hall–Kier alpha value is -3.56. The predicted octanol–water partition coefficient (Wildman–Crippen LogP) is 5.95. The Balaban J connectivity index is 1.47. The number of hydrogen-bond acceptors (Lipinski definition) is 8. The lowest BCUT2D eigenvalue weighted by Crippen LogP contribution is -2.41. The molecule has 232 valence electrons. The van der Waals surface area contributed by atoms with E-state index in [4.69, 9.17) is 19.4 Å². The van der Waals surface area contributed by atoms with Crippen LogP contribution >= 0.6 is 0 Å². The van der Waals surface area contributed by atoms with E-state index in [1.165, 1.54) is 11.1 Å². The molecule has 8 nitrogen and oxygen atoms in total. The van der Waals surface area contributed by atoms with Gasteiger partial charge in [-0.25, -0.2) is 9.97 Å². The second-order valence-electron chi connectivity index (χ2n) is 11.7. The predicted molar refractivity (Wildman–Crippen MR) is 178 cm³/mol. The van der Waals surface area contributed by atoms with Gasteiger partial charge < -0.3 is 19.3 Å². The highest BCUT2D eigenvalue weighted by Crippen LogP contribution is 2.45. The van der Waals surface area contributed by atoms with E-state index in [2.05, 4.69) is 95.8 Å². The third kappa shape index (κ3) is 6.31. The van der Waals surface area contributed by atoms with Crippen LogP contribution in [-0.4, -0.2) is 95.4 Å². The van der Waals surface area contributed by atoms with Gasteiger partial charge in [0.2, 0.25) is 0 Å². The van der Waals surface area contributed by atoms with Gasteiger partial charge >= 0.3 is 0 Å². The van der Waals surface area contributed by atoms with E-state index in [0.717, 1.165) is 110 Å². The second kappa shape index (κ2) is 14.0. The van der Waals surface area contributed by atoms with Crippen LogP contribution in [-0.2, 0) is 13.1 Å². The van der Waals surface area contributed by atoms with Gasteiger partial charge in [0.05, 0.1) is 11.4 Å². The highest BCUT2D eigenvalue weighted by Gasteiger charge is 2.33. The smallest absolute Gasteiger partial charge is 0.154 e. The third-order valence-corrected chi connectivity index (χ3v) is 9.13. The van der Waals surface area contributed by atoms with Crippen LogP contribution in [0.2, 0.25) is 0 Å². The van der Waals surface area contributed by atoms with Crippen molar-refractivity contribution >= 4 is 11.0 Å². The van der Waals surface area contributed by atoms with Gasteiger partial charge in [0, 0.05) is 61.5 Å². The molecule has 0 atom stereocenters. The Kier molecular flexibility index (Phi) is 9.72. The number of likely N-dealkylation sites (N-methyl/N-ethyl adjacent to an activating group) is 2. The number of aromatic nitrogens is 2. The maximum Gasteiger partial charge on any atom is 0.154 e. The number of hydrogen-bond donors (Lipinski definition) is 0. The molecule has 0 N–H and O–H groups in total. The molecule has 0 fully saturated rings. The van der Waals surface area contributed by atoms with Gasteiger partial charge in [-0.1, -0.05) is 88.4 Å². The van der Waals surface area contributed by atoms with Crippen molar-refractivity contribution in [2.24, 2.45) is 0 Å². The van der Waals surface area contributed by atoms with Crippen LogP contribution in [0.5, 0.6) is 11.5 Å². The molecular formula is C36H46N6O2. The quantitative estimate of drug-likeness (QED) is 0.200. The van der Waals surface area contributed by atoms with E-state index in [1.807, 2.05) is 12.1 Å². The first-order valence-electron chi connectivity index (χ1n) is 16.3. The van der Waals surface area contributed by atoms with Gasteiger partial charge in [-0.15, -0.1) is 0 Å². The zero-order valence-corrected chi connectivity index (χ0v) is 26.8. The zero-order valence-electron chi connectivity index (χ0n) is 26.8. The number of nitrogens with zero attached hydrogens (tertiary/aromatic N) is 6. The third-order valence-electron chi connectivity index (χ3n) is 9.13. The summed E-state index contributed by atoms with van der Waals surface area (Å²) in [7, 11) is 0. The van der Waals surface area contributed by atoms with Crippen LogP contribution < -0.4 is 9.47 Å². The van der Waals surface area contributed by atoms with Crippen LogP contribution in [0.4, 0.5) is 0 Å². The molecule has 0 radical (unpaired) electrons. The molecule has 3 heterocycles. The van der Waals surface area contributed by atoms with Gasteiger partial charge in [-0.05, 0) is 26.2 Å². The summed E-state index contributed by atoms with van der Waals surface area (Å²) in [6.45, 7) is 19.8. The molecule has 0 amide bonds. The minimum atomic E-state index is 0.539. The van der Waals surface area contributed by atoms with Crippen molar-refractivity contribution in [2.45, 2.75) is 40.8 Å². The lowest BCUT2D eigenvalue weighted by atomic mass is 9.98. The van der Waals surface area contributed by atoms with E-state index in [0.29, 0.717) is 13.5 Å². The van der Waals surface area contributed by atoms with E-state index >= 15 is 0 Å². The minimum absolute atomic E-state index is 0.539. The number of ether oxygens (including phenoxy) is 2. The number of benzene rings is 3. The van der Waals surface area contributed by atoms with E-state index in [9.17, 15) is 0 Å². The van der Waals surface area contributed by atoms with Crippen LogP contribution in [0.3, 0.4) is 0 Å². The van der Waals surface area contributed by atoms with Crippen LogP contribution in [0.25, 0.3) is 33.5 Å². The molecular weight excluding hydrogens is 548 g/mol. The molecule has 0 unspecified atom stereocenters. The van der Waals surface area contributed by atoms with Gasteiger partial charge in [-0.2, -0.15) is 0 Å². The normalized spacial score (nSPS) is 15.3. The molecule has 0 aliphatic carbocycles. The molecule has 3 aromatic carbocycles. The molecule has 0 spiro atoms. The first-order valence-corrected chi connectivity index (χ1v) is 16.3. The van der Waals surface area contributed by atoms with E-state index < -0.39 is 0 Å². The zero-order chi connectivity index (χ0) is 30.5. The summed E-state index contributed by atoms with van der Waals surface area (Å²) in [6, 6.07) is 20.7. The lowest BCUT2D eigenvalue weighted by molar-refractivity contribution is 0.0716. The molecule has 2 aliphatic rings. The van der Waals surface area contributed by atoms with Crippen molar-refractivity contribution in [3.05, 3.63) is 71.8 Å². The van der Waals surface area contributed by atoms with Gasteiger partial charge in [0.1, 0.15) is 24.5 Å². The summed E-state index contributed by atoms with van der Waals surface area (Å²) < 4.78 is 13.3. The molecule has 6 rings (SSSR count). The average Bonchev–Trinajstić information content (AvgIpc) is 3.09. The summed E-state index contributed by atoms with van der Waals surface area (Å²) >= 11 is 0. The monoisotopic (exact) mass is 594 g/mol. The maximum absolute atomic E-state index is 6.64. The molecule has 0 saturated heterocycles. The molecule has 0 bridgehead atoms. The summed E-state index contributed by atoms with van der Waals surface area (Å²) in [5.74, 6) is 1.72. The summed E-state index contributed by atoms with van der Waals surface area (Å²) in [6.07, 6.45) is 0. The van der Waals surface area contributed by atoms with Crippen LogP contribution in [0, 0.1) is 0 Å². The van der Waals surface area contributed by atoms with Crippen molar-refractivity contribution in [3.63, 3.8) is 0 Å². The first kappa shape index (κ1) is 30.5. The first-order chi connectivity index (χ1) is 21.6.